The molecule has 0 saturated heterocycles. The van der Waals surface area contributed by atoms with E-state index in [0.29, 0.717) is 6.04 Å². The standard InChI is InChI=1S/C14H17N3/c15-11-5-6-13-12(7-11)16-8-17(13)14(9-1-2-9)10-3-4-10/h5-10,14H,1-4,15H2. The predicted molar refractivity (Wildman–Crippen MR) is 68.6 cm³/mol. The van der Waals surface area contributed by atoms with Crippen molar-refractivity contribution in [1.29, 1.82) is 0 Å². The van der Waals surface area contributed by atoms with Crippen molar-refractivity contribution in [1.82, 2.24) is 9.55 Å². The Morgan fingerprint density at radius 3 is 2.53 bits per heavy atom. The van der Waals surface area contributed by atoms with Crippen LogP contribution in [0.4, 0.5) is 5.69 Å². The number of nitrogens with zero attached hydrogens (tertiary/aromatic N) is 2. The highest BCUT2D eigenvalue weighted by atomic mass is 15.1. The van der Waals surface area contributed by atoms with Crippen LogP contribution in [0.25, 0.3) is 11.0 Å². The van der Waals surface area contributed by atoms with E-state index in [1.165, 1.54) is 31.2 Å². The number of hydrogen-bond acceptors (Lipinski definition) is 2. The summed E-state index contributed by atoms with van der Waals surface area (Å²) < 4.78 is 2.41. The number of aromatic nitrogens is 2. The normalized spacial score (nSPS) is 20.3. The summed E-state index contributed by atoms with van der Waals surface area (Å²) in [5.74, 6) is 1.80. The SMILES string of the molecule is Nc1ccc2c(c1)ncn2C(C1CC1)C1CC1. The van der Waals surface area contributed by atoms with Gasteiger partial charge < -0.3 is 10.3 Å². The molecular formula is C14H17N3. The lowest BCUT2D eigenvalue weighted by atomic mass is 10.1. The number of imidazole rings is 1. The first-order chi connectivity index (χ1) is 8.33. The Labute approximate surface area is 101 Å². The molecular weight excluding hydrogens is 210 g/mol. The highest BCUT2D eigenvalue weighted by Crippen LogP contribution is 2.52. The predicted octanol–water partition coefficient (Wildman–Crippen LogP) is 2.98. The molecule has 0 atom stereocenters. The topological polar surface area (TPSA) is 43.8 Å². The van der Waals surface area contributed by atoms with Gasteiger partial charge in [-0.05, 0) is 55.7 Å². The summed E-state index contributed by atoms with van der Waals surface area (Å²) in [6.45, 7) is 0. The molecule has 2 N–H and O–H groups in total. The molecule has 2 aliphatic rings. The molecule has 3 nitrogen and oxygen atoms in total. The van der Waals surface area contributed by atoms with Gasteiger partial charge >= 0.3 is 0 Å². The zero-order valence-corrected chi connectivity index (χ0v) is 9.84. The summed E-state index contributed by atoms with van der Waals surface area (Å²) in [6, 6.07) is 6.78. The van der Waals surface area contributed by atoms with E-state index in [0.717, 1.165) is 23.0 Å². The zero-order chi connectivity index (χ0) is 11.4. The molecule has 0 spiro atoms. The van der Waals surface area contributed by atoms with Gasteiger partial charge in [-0.1, -0.05) is 0 Å². The number of hydrogen-bond donors (Lipinski definition) is 1. The van der Waals surface area contributed by atoms with Gasteiger partial charge in [-0.2, -0.15) is 0 Å². The van der Waals surface area contributed by atoms with Gasteiger partial charge in [-0.15, -0.1) is 0 Å². The van der Waals surface area contributed by atoms with Gasteiger partial charge in [-0.25, -0.2) is 4.98 Å². The molecule has 0 amide bonds. The summed E-state index contributed by atoms with van der Waals surface area (Å²) in [7, 11) is 0. The van der Waals surface area contributed by atoms with Crippen LogP contribution >= 0.6 is 0 Å². The van der Waals surface area contributed by atoms with Gasteiger partial charge in [0.2, 0.25) is 0 Å². The van der Waals surface area contributed by atoms with E-state index < -0.39 is 0 Å². The minimum absolute atomic E-state index is 0.698. The smallest absolute Gasteiger partial charge is 0.0961 e. The van der Waals surface area contributed by atoms with Crippen molar-refractivity contribution in [3.63, 3.8) is 0 Å². The molecule has 0 aliphatic heterocycles. The van der Waals surface area contributed by atoms with Gasteiger partial charge in [-0.3, -0.25) is 0 Å². The second kappa shape index (κ2) is 3.25. The fourth-order valence-electron chi connectivity index (χ4n) is 3.00. The maximum atomic E-state index is 5.80. The number of fused-ring (bicyclic) bond motifs is 1. The lowest BCUT2D eigenvalue weighted by Gasteiger charge is -2.18. The van der Waals surface area contributed by atoms with E-state index in [1.54, 1.807) is 0 Å². The van der Waals surface area contributed by atoms with E-state index in [2.05, 4.69) is 15.6 Å². The van der Waals surface area contributed by atoms with Crippen LogP contribution < -0.4 is 5.73 Å². The molecule has 17 heavy (non-hydrogen) atoms. The summed E-state index contributed by atoms with van der Waals surface area (Å²) in [6.07, 6.45) is 7.61. The summed E-state index contributed by atoms with van der Waals surface area (Å²) in [5.41, 5.74) is 8.90. The third kappa shape index (κ3) is 1.53. The first kappa shape index (κ1) is 9.51. The number of nitrogens with two attached hydrogens (primary N) is 1. The zero-order valence-electron chi connectivity index (χ0n) is 9.84. The van der Waals surface area contributed by atoms with Crippen molar-refractivity contribution >= 4 is 16.7 Å². The van der Waals surface area contributed by atoms with Crippen LogP contribution in [0.3, 0.4) is 0 Å². The monoisotopic (exact) mass is 227 g/mol. The Morgan fingerprint density at radius 1 is 1.18 bits per heavy atom. The molecule has 0 bridgehead atoms. The fourth-order valence-corrected chi connectivity index (χ4v) is 3.00. The number of anilines is 1. The highest BCUT2D eigenvalue weighted by molar-refractivity contribution is 5.79. The fraction of sp³-hybridized carbons (Fsp3) is 0.500. The molecule has 1 heterocycles. The van der Waals surface area contributed by atoms with Gasteiger partial charge in [0.1, 0.15) is 0 Å². The molecule has 88 valence electrons. The van der Waals surface area contributed by atoms with Crippen molar-refractivity contribution in [3.8, 4) is 0 Å². The molecule has 1 aromatic carbocycles. The average molecular weight is 227 g/mol. The van der Waals surface area contributed by atoms with Gasteiger partial charge in [0.25, 0.3) is 0 Å². The Morgan fingerprint density at radius 2 is 1.88 bits per heavy atom. The third-order valence-electron chi connectivity index (χ3n) is 4.13. The average Bonchev–Trinajstić information content (AvgIpc) is 3.19. The van der Waals surface area contributed by atoms with Gasteiger partial charge in [0.15, 0.2) is 0 Å². The molecule has 2 aromatic rings. The van der Waals surface area contributed by atoms with E-state index in [9.17, 15) is 0 Å². The molecule has 2 aliphatic carbocycles. The molecule has 3 heteroatoms. The Hall–Kier alpha value is -1.51. The van der Waals surface area contributed by atoms with Gasteiger partial charge in [0.05, 0.1) is 17.4 Å². The highest BCUT2D eigenvalue weighted by Gasteiger charge is 2.42. The number of nitrogen functional groups attached to an aromatic ring is 1. The number of rotatable bonds is 3. The van der Waals surface area contributed by atoms with Crippen LogP contribution in [0.15, 0.2) is 24.5 Å². The Bertz CT molecular complexity index is 552. The Balaban J connectivity index is 1.83. The van der Waals surface area contributed by atoms with Crippen LogP contribution in [0.5, 0.6) is 0 Å². The third-order valence-corrected chi connectivity index (χ3v) is 4.13. The first-order valence-corrected chi connectivity index (χ1v) is 6.55. The van der Waals surface area contributed by atoms with Crippen LogP contribution in [-0.4, -0.2) is 9.55 Å². The maximum Gasteiger partial charge on any atom is 0.0961 e. The van der Waals surface area contributed by atoms with Crippen molar-refractivity contribution in [2.75, 3.05) is 5.73 Å². The summed E-state index contributed by atoms with van der Waals surface area (Å²) in [4.78, 5) is 4.50. The molecule has 2 saturated carbocycles. The van der Waals surface area contributed by atoms with Gasteiger partial charge in [0, 0.05) is 11.7 Å². The maximum absolute atomic E-state index is 5.80. The lowest BCUT2D eigenvalue weighted by molar-refractivity contribution is 0.404. The number of benzene rings is 1. The molecule has 1 aromatic heterocycles. The van der Waals surface area contributed by atoms with Crippen molar-refractivity contribution < 1.29 is 0 Å². The van der Waals surface area contributed by atoms with E-state index in [-0.39, 0.29) is 0 Å². The van der Waals surface area contributed by atoms with E-state index in [4.69, 9.17) is 5.73 Å². The summed E-state index contributed by atoms with van der Waals surface area (Å²) in [5, 5.41) is 0. The minimum Gasteiger partial charge on any atom is -0.399 e. The van der Waals surface area contributed by atoms with E-state index >= 15 is 0 Å². The molecule has 0 radical (unpaired) electrons. The largest absolute Gasteiger partial charge is 0.399 e. The molecule has 0 unspecified atom stereocenters. The van der Waals surface area contributed by atoms with Crippen molar-refractivity contribution in [3.05, 3.63) is 24.5 Å². The summed E-state index contributed by atoms with van der Waals surface area (Å²) >= 11 is 0. The van der Waals surface area contributed by atoms with Crippen molar-refractivity contribution in [2.45, 2.75) is 31.7 Å². The first-order valence-electron chi connectivity index (χ1n) is 6.55. The molecule has 2 fully saturated rings. The second-order valence-corrected chi connectivity index (χ2v) is 5.57. The van der Waals surface area contributed by atoms with E-state index in [1.807, 2.05) is 18.5 Å². The minimum atomic E-state index is 0.698. The quantitative estimate of drug-likeness (QED) is 0.819. The van der Waals surface area contributed by atoms with Crippen LogP contribution in [-0.2, 0) is 0 Å². The van der Waals surface area contributed by atoms with Crippen LogP contribution in [0.2, 0.25) is 0 Å². The lowest BCUT2D eigenvalue weighted by Crippen LogP contribution is -2.12. The van der Waals surface area contributed by atoms with Crippen LogP contribution in [0, 0.1) is 11.8 Å². The van der Waals surface area contributed by atoms with Crippen LogP contribution in [0.1, 0.15) is 31.7 Å². The molecule has 4 rings (SSSR count). The Kier molecular flexibility index (Phi) is 1.82. The van der Waals surface area contributed by atoms with Crippen molar-refractivity contribution in [2.24, 2.45) is 11.8 Å². The second-order valence-electron chi connectivity index (χ2n) is 5.57.